The van der Waals surface area contributed by atoms with Gasteiger partial charge in [-0.2, -0.15) is 0 Å². The van der Waals surface area contributed by atoms with Gasteiger partial charge in [-0.15, -0.1) is 0 Å². The van der Waals surface area contributed by atoms with Crippen molar-refractivity contribution in [2.45, 2.75) is 13.8 Å². The smallest absolute Gasteiger partial charge is 0.196 e. The highest BCUT2D eigenvalue weighted by Crippen LogP contribution is 2.32. The van der Waals surface area contributed by atoms with E-state index in [1.54, 1.807) is 31.3 Å². The highest BCUT2D eigenvalue weighted by Gasteiger charge is 2.09. The number of benzene rings is 2. The summed E-state index contributed by atoms with van der Waals surface area (Å²) in [6.07, 6.45) is 9.06. The fourth-order valence-electron chi connectivity index (χ4n) is 2.79. The van der Waals surface area contributed by atoms with Crippen LogP contribution in [0.1, 0.15) is 19.4 Å². The van der Waals surface area contributed by atoms with Gasteiger partial charge in [-0.25, -0.2) is 0 Å². The molecule has 0 aliphatic rings. The average Bonchev–Trinajstić information content (AvgIpc) is 3.08. The minimum absolute atomic E-state index is 0.144. The standard InChI is InChI=1S/C22H22N2O2.C4H6/c1-14(15(2)23-3)5-4-6-19-20-13-17(9-12-21(20)24-22(19)26)16-7-10-18(25)11-8-16;1-3-4-2/h4-13,24-26H,1-3H3;3-4H,1-2H2/b6-4+,14-5-,23-15?;. The number of rotatable bonds is 5. The van der Waals surface area contributed by atoms with E-state index in [2.05, 4.69) is 23.1 Å². The maximum Gasteiger partial charge on any atom is 0.196 e. The number of aliphatic imine (C=N–C) groups is 1. The van der Waals surface area contributed by atoms with Crippen molar-refractivity contribution in [2.75, 3.05) is 7.05 Å². The molecular formula is C26H28N2O2. The molecule has 30 heavy (non-hydrogen) atoms. The van der Waals surface area contributed by atoms with Crippen LogP contribution in [0.25, 0.3) is 28.1 Å². The minimum Gasteiger partial charge on any atom is -0.508 e. The number of nitrogens with zero attached hydrogens (tertiary/aromatic N) is 1. The molecule has 4 nitrogen and oxygen atoms in total. The van der Waals surface area contributed by atoms with Crippen LogP contribution in [0.3, 0.4) is 0 Å². The Bertz CT molecular complexity index is 1110. The fraction of sp³-hybridized carbons (Fsp3) is 0.115. The summed E-state index contributed by atoms with van der Waals surface area (Å²) < 4.78 is 0. The molecular weight excluding hydrogens is 372 g/mol. The number of aromatic hydroxyl groups is 2. The molecule has 4 heteroatoms. The number of phenols is 1. The lowest BCUT2D eigenvalue weighted by Gasteiger charge is -2.03. The summed E-state index contributed by atoms with van der Waals surface area (Å²) in [4.78, 5) is 7.17. The predicted octanol–water partition coefficient (Wildman–Crippen LogP) is 6.65. The Morgan fingerprint density at radius 3 is 2.20 bits per heavy atom. The number of fused-ring (bicyclic) bond motifs is 1. The van der Waals surface area contributed by atoms with E-state index in [0.717, 1.165) is 38.9 Å². The van der Waals surface area contributed by atoms with E-state index in [9.17, 15) is 10.2 Å². The number of phenolic OH excluding ortho intramolecular Hbond substituents is 1. The van der Waals surface area contributed by atoms with E-state index in [4.69, 9.17) is 0 Å². The molecule has 0 spiro atoms. The first kappa shape index (κ1) is 22.5. The molecule has 0 bridgehead atoms. The molecule has 0 amide bonds. The summed E-state index contributed by atoms with van der Waals surface area (Å²) in [5.74, 6) is 0.386. The van der Waals surface area contributed by atoms with Crippen molar-refractivity contribution in [3.63, 3.8) is 0 Å². The molecule has 3 N–H and O–H groups in total. The zero-order valence-electron chi connectivity index (χ0n) is 17.7. The predicted molar refractivity (Wildman–Crippen MR) is 129 cm³/mol. The van der Waals surface area contributed by atoms with E-state index in [0.29, 0.717) is 0 Å². The van der Waals surface area contributed by atoms with Gasteiger partial charge < -0.3 is 15.2 Å². The summed E-state index contributed by atoms with van der Waals surface area (Å²) in [6.45, 7) is 10.7. The van der Waals surface area contributed by atoms with Crippen LogP contribution in [0.2, 0.25) is 0 Å². The Kier molecular flexibility index (Phi) is 8.00. The van der Waals surface area contributed by atoms with E-state index < -0.39 is 0 Å². The van der Waals surface area contributed by atoms with Crippen LogP contribution in [-0.4, -0.2) is 28.0 Å². The lowest BCUT2D eigenvalue weighted by Crippen LogP contribution is -1.91. The van der Waals surface area contributed by atoms with Crippen LogP contribution < -0.4 is 0 Å². The van der Waals surface area contributed by atoms with Crippen molar-refractivity contribution in [2.24, 2.45) is 4.99 Å². The van der Waals surface area contributed by atoms with Crippen molar-refractivity contribution in [3.8, 4) is 22.8 Å². The maximum absolute atomic E-state index is 10.3. The van der Waals surface area contributed by atoms with Gasteiger partial charge in [0.25, 0.3) is 0 Å². The second kappa shape index (κ2) is 10.7. The fourth-order valence-corrected chi connectivity index (χ4v) is 2.79. The molecule has 3 aromatic rings. The quantitative estimate of drug-likeness (QED) is 0.331. The van der Waals surface area contributed by atoms with Gasteiger partial charge in [0.2, 0.25) is 0 Å². The van der Waals surface area contributed by atoms with E-state index in [1.165, 1.54) is 0 Å². The number of aromatic amines is 1. The Labute approximate surface area is 177 Å². The van der Waals surface area contributed by atoms with Gasteiger partial charge in [0, 0.05) is 29.2 Å². The third kappa shape index (κ3) is 5.61. The lowest BCUT2D eigenvalue weighted by atomic mass is 10.0. The number of H-pyrrole nitrogens is 1. The van der Waals surface area contributed by atoms with E-state index in [1.807, 2.05) is 62.4 Å². The third-order valence-corrected chi connectivity index (χ3v) is 4.70. The SMILES string of the molecule is C=CC=C.CN=C(C)/C(C)=C\C=C\c1c(O)[nH]c2ccc(-c3ccc(O)cc3)cc12. The van der Waals surface area contributed by atoms with Gasteiger partial charge in [0.1, 0.15) is 5.75 Å². The first-order valence-corrected chi connectivity index (χ1v) is 9.57. The summed E-state index contributed by atoms with van der Waals surface area (Å²) in [5, 5.41) is 20.7. The van der Waals surface area contributed by atoms with E-state index >= 15 is 0 Å². The molecule has 0 aliphatic carbocycles. The Hall–Kier alpha value is -3.79. The van der Waals surface area contributed by atoms with Crippen molar-refractivity contribution in [1.82, 2.24) is 4.98 Å². The van der Waals surface area contributed by atoms with Crippen molar-refractivity contribution in [1.29, 1.82) is 0 Å². The normalized spacial score (nSPS) is 12.0. The van der Waals surface area contributed by atoms with Gasteiger partial charge in [-0.1, -0.05) is 55.7 Å². The molecule has 1 heterocycles. The maximum atomic E-state index is 10.3. The van der Waals surface area contributed by atoms with Gasteiger partial charge in [0.15, 0.2) is 5.88 Å². The molecule has 0 aliphatic heterocycles. The Morgan fingerprint density at radius 2 is 1.60 bits per heavy atom. The average molecular weight is 401 g/mol. The molecule has 0 radical (unpaired) electrons. The molecule has 0 saturated carbocycles. The topological polar surface area (TPSA) is 68.6 Å². The van der Waals surface area contributed by atoms with Gasteiger partial charge in [-0.05, 0) is 60.9 Å². The van der Waals surface area contributed by atoms with Crippen molar-refractivity contribution < 1.29 is 10.2 Å². The molecule has 0 atom stereocenters. The first-order chi connectivity index (χ1) is 14.4. The largest absolute Gasteiger partial charge is 0.508 e. The molecule has 2 aromatic carbocycles. The molecule has 3 rings (SSSR count). The zero-order chi connectivity index (χ0) is 22.1. The van der Waals surface area contributed by atoms with Crippen LogP contribution >= 0.6 is 0 Å². The zero-order valence-corrected chi connectivity index (χ0v) is 17.7. The third-order valence-electron chi connectivity index (χ3n) is 4.70. The van der Waals surface area contributed by atoms with Gasteiger partial charge in [-0.3, -0.25) is 4.99 Å². The number of hydrogen-bond donors (Lipinski definition) is 3. The number of nitrogens with one attached hydrogen (secondary N) is 1. The van der Waals surface area contributed by atoms with Crippen LogP contribution in [0.15, 0.2) is 90.5 Å². The Balaban J connectivity index is 0.000000735. The van der Waals surface area contributed by atoms with Gasteiger partial charge >= 0.3 is 0 Å². The number of aromatic nitrogens is 1. The second-order valence-electron chi connectivity index (χ2n) is 6.68. The molecule has 0 unspecified atom stereocenters. The highest BCUT2D eigenvalue weighted by atomic mass is 16.3. The van der Waals surface area contributed by atoms with Crippen molar-refractivity contribution in [3.05, 3.63) is 91.1 Å². The minimum atomic E-state index is 0.144. The van der Waals surface area contributed by atoms with Crippen LogP contribution in [0.5, 0.6) is 11.6 Å². The summed E-state index contributed by atoms with van der Waals surface area (Å²) >= 11 is 0. The molecule has 0 saturated heterocycles. The highest BCUT2D eigenvalue weighted by molar-refractivity contribution is 5.98. The first-order valence-electron chi connectivity index (χ1n) is 9.57. The van der Waals surface area contributed by atoms with E-state index in [-0.39, 0.29) is 11.6 Å². The monoisotopic (exact) mass is 400 g/mol. The van der Waals surface area contributed by atoms with Crippen LogP contribution in [0, 0.1) is 0 Å². The molecule has 1 aromatic heterocycles. The Morgan fingerprint density at radius 1 is 0.967 bits per heavy atom. The number of hydrogen-bond acceptors (Lipinski definition) is 3. The summed E-state index contributed by atoms with van der Waals surface area (Å²) in [6, 6.07) is 13.1. The van der Waals surface area contributed by atoms with Crippen LogP contribution in [0.4, 0.5) is 0 Å². The summed E-state index contributed by atoms with van der Waals surface area (Å²) in [5.41, 5.74) is 5.70. The van der Waals surface area contributed by atoms with Crippen LogP contribution in [-0.2, 0) is 0 Å². The summed E-state index contributed by atoms with van der Waals surface area (Å²) in [7, 11) is 1.77. The molecule has 154 valence electrons. The number of allylic oxidation sites excluding steroid dienone is 5. The second-order valence-corrected chi connectivity index (χ2v) is 6.68. The molecule has 0 fully saturated rings. The van der Waals surface area contributed by atoms with Gasteiger partial charge in [0.05, 0.1) is 0 Å². The lowest BCUT2D eigenvalue weighted by molar-refractivity contribution is 0.457. The van der Waals surface area contributed by atoms with Crippen molar-refractivity contribution >= 4 is 22.7 Å².